The lowest BCUT2D eigenvalue weighted by Gasteiger charge is -2.18. The summed E-state index contributed by atoms with van der Waals surface area (Å²) < 4.78 is 1.85. The van der Waals surface area contributed by atoms with E-state index in [4.69, 9.17) is 10.1 Å². The van der Waals surface area contributed by atoms with Crippen LogP contribution < -0.4 is 10.6 Å². The van der Waals surface area contributed by atoms with Gasteiger partial charge in [0.2, 0.25) is 0 Å². The molecule has 0 radical (unpaired) electrons. The van der Waals surface area contributed by atoms with Gasteiger partial charge in [-0.1, -0.05) is 49.2 Å². The van der Waals surface area contributed by atoms with Crippen molar-refractivity contribution in [3.05, 3.63) is 71.7 Å². The van der Waals surface area contributed by atoms with E-state index in [9.17, 15) is 9.59 Å². The Morgan fingerprint density at radius 3 is 2.68 bits per heavy atom. The van der Waals surface area contributed by atoms with Gasteiger partial charge in [0, 0.05) is 44.3 Å². The van der Waals surface area contributed by atoms with Gasteiger partial charge in [-0.2, -0.15) is 0 Å². The highest BCUT2D eigenvalue weighted by molar-refractivity contribution is 5.93. The van der Waals surface area contributed by atoms with Gasteiger partial charge in [0.05, 0.1) is 5.69 Å². The third kappa shape index (κ3) is 5.39. The summed E-state index contributed by atoms with van der Waals surface area (Å²) in [6.45, 7) is 2.71. The van der Waals surface area contributed by atoms with Crippen molar-refractivity contribution >= 4 is 17.6 Å². The second-order valence-electron chi connectivity index (χ2n) is 9.54. The number of hydrogen-bond donors (Lipinski definition) is 3. The predicted molar refractivity (Wildman–Crippen MR) is 129 cm³/mol. The lowest BCUT2D eigenvalue weighted by atomic mass is 9.93. The Morgan fingerprint density at radius 1 is 1.09 bits per heavy atom. The minimum absolute atomic E-state index is 0.0518. The number of amides is 2. The first-order chi connectivity index (χ1) is 16.5. The van der Waals surface area contributed by atoms with Crippen LogP contribution >= 0.6 is 0 Å². The summed E-state index contributed by atoms with van der Waals surface area (Å²) >= 11 is 0. The SMILES string of the molecule is O=C(O)NC1CCN(Cc2cn3c(C(=O)NCC(CC4CC4)c4ccccc4)cccc3n2)C1. The molecular formula is C26H31N5O3. The molecule has 178 valence electrons. The van der Waals surface area contributed by atoms with E-state index >= 15 is 0 Å². The van der Waals surface area contributed by atoms with Crippen LogP contribution in [0.15, 0.2) is 54.7 Å². The van der Waals surface area contributed by atoms with Crippen molar-refractivity contribution in [2.45, 2.75) is 44.2 Å². The molecule has 1 aromatic carbocycles. The maximum Gasteiger partial charge on any atom is 0.404 e. The second-order valence-corrected chi connectivity index (χ2v) is 9.54. The zero-order valence-corrected chi connectivity index (χ0v) is 19.2. The predicted octanol–water partition coefficient (Wildman–Crippen LogP) is 3.49. The fraction of sp³-hybridized carbons (Fsp3) is 0.423. The molecule has 1 saturated carbocycles. The molecule has 3 aromatic rings. The molecule has 8 heteroatoms. The summed E-state index contributed by atoms with van der Waals surface area (Å²) in [5.41, 5.74) is 3.45. The standard InChI is InChI=1S/C26H31N5O3/c32-25(27-14-20(13-18-9-10-18)19-5-2-1-3-6-19)23-7-4-8-24-28-22(17-31(23)24)16-30-12-11-21(15-30)29-26(33)34/h1-8,17-18,20-21,29H,9-16H2,(H,27,32)(H,33,34). The number of fused-ring (bicyclic) bond motifs is 1. The molecule has 1 saturated heterocycles. The van der Waals surface area contributed by atoms with Gasteiger partial charge >= 0.3 is 6.09 Å². The topological polar surface area (TPSA) is 99.0 Å². The molecule has 0 spiro atoms. The van der Waals surface area contributed by atoms with Crippen molar-refractivity contribution in [2.24, 2.45) is 5.92 Å². The summed E-state index contributed by atoms with van der Waals surface area (Å²) in [7, 11) is 0. The lowest BCUT2D eigenvalue weighted by Crippen LogP contribution is -2.35. The maximum atomic E-state index is 13.2. The van der Waals surface area contributed by atoms with Gasteiger partial charge in [-0.15, -0.1) is 0 Å². The number of rotatable bonds is 9. The van der Waals surface area contributed by atoms with Gasteiger partial charge in [-0.05, 0) is 36.5 Å². The maximum absolute atomic E-state index is 13.2. The van der Waals surface area contributed by atoms with Crippen LogP contribution in [0.2, 0.25) is 0 Å². The molecule has 2 fully saturated rings. The Kier molecular flexibility index (Phi) is 6.49. The van der Waals surface area contributed by atoms with Crippen molar-refractivity contribution in [1.82, 2.24) is 24.9 Å². The first kappa shape index (κ1) is 22.4. The molecule has 34 heavy (non-hydrogen) atoms. The van der Waals surface area contributed by atoms with Crippen molar-refractivity contribution < 1.29 is 14.7 Å². The zero-order chi connectivity index (χ0) is 23.5. The van der Waals surface area contributed by atoms with Crippen molar-refractivity contribution in [2.75, 3.05) is 19.6 Å². The molecule has 5 rings (SSSR count). The number of hydrogen-bond acceptors (Lipinski definition) is 4. The molecule has 1 aliphatic carbocycles. The molecule has 8 nitrogen and oxygen atoms in total. The first-order valence-corrected chi connectivity index (χ1v) is 12.1. The summed E-state index contributed by atoms with van der Waals surface area (Å²) in [4.78, 5) is 30.9. The molecule has 1 aliphatic heterocycles. The third-order valence-corrected chi connectivity index (χ3v) is 6.86. The molecular weight excluding hydrogens is 430 g/mol. The Bertz CT molecular complexity index is 1160. The zero-order valence-electron chi connectivity index (χ0n) is 19.2. The number of likely N-dealkylation sites (tertiary alicyclic amines) is 1. The molecule has 2 aliphatic rings. The summed E-state index contributed by atoms with van der Waals surface area (Å²) in [6.07, 6.45) is 5.41. The van der Waals surface area contributed by atoms with Crippen LogP contribution in [0.3, 0.4) is 0 Å². The van der Waals surface area contributed by atoms with Crippen LogP contribution in [-0.2, 0) is 6.54 Å². The van der Waals surface area contributed by atoms with Gasteiger partial charge < -0.3 is 15.7 Å². The minimum Gasteiger partial charge on any atom is -0.465 e. The number of benzene rings is 1. The fourth-order valence-electron chi connectivity index (χ4n) is 4.95. The van der Waals surface area contributed by atoms with E-state index in [0.29, 0.717) is 31.2 Å². The van der Waals surface area contributed by atoms with Crippen LogP contribution in [0.4, 0.5) is 4.79 Å². The van der Waals surface area contributed by atoms with E-state index in [1.807, 2.05) is 34.9 Å². The van der Waals surface area contributed by atoms with E-state index in [1.54, 1.807) is 0 Å². The van der Waals surface area contributed by atoms with E-state index in [0.717, 1.165) is 36.6 Å². The Morgan fingerprint density at radius 2 is 1.91 bits per heavy atom. The van der Waals surface area contributed by atoms with Gasteiger partial charge in [0.1, 0.15) is 11.3 Å². The van der Waals surface area contributed by atoms with Crippen LogP contribution in [0, 0.1) is 5.92 Å². The highest BCUT2D eigenvalue weighted by Gasteiger charge is 2.27. The number of carbonyl (C=O) groups excluding carboxylic acids is 1. The Labute approximate surface area is 199 Å². The van der Waals surface area contributed by atoms with Crippen molar-refractivity contribution in [1.29, 1.82) is 0 Å². The monoisotopic (exact) mass is 461 g/mol. The molecule has 0 bridgehead atoms. The van der Waals surface area contributed by atoms with Gasteiger partial charge in [0.25, 0.3) is 5.91 Å². The average Bonchev–Trinajstić information content (AvgIpc) is 3.39. The number of carbonyl (C=O) groups is 2. The number of nitrogens with one attached hydrogen (secondary N) is 2. The van der Waals surface area contributed by atoms with E-state index < -0.39 is 6.09 Å². The normalized spacial score (nSPS) is 19.2. The van der Waals surface area contributed by atoms with Crippen LogP contribution in [0.25, 0.3) is 5.65 Å². The van der Waals surface area contributed by atoms with E-state index in [1.165, 1.54) is 18.4 Å². The van der Waals surface area contributed by atoms with Crippen LogP contribution in [0.5, 0.6) is 0 Å². The summed E-state index contributed by atoms with van der Waals surface area (Å²) in [5, 5.41) is 14.7. The fourth-order valence-corrected chi connectivity index (χ4v) is 4.95. The number of pyridine rings is 1. The number of imidazole rings is 1. The van der Waals surface area contributed by atoms with Crippen LogP contribution in [-0.4, -0.2) is 57.1 Å². The summed E-state index contributed by atoms with van der Waals surface area (Å²) in [5.74, 6) is 0.994. The first-order valence-electron chi connectivity index (χ1n) is 12.1. The lowest BCUT2D eigenvalue weighted by molar-refractivity contribution is 0.0944. The number of aromatic nitrogens is 2. The highest BCUT2D eigenvalue weighted by atomic mass is 16.4. The van der Waals surface area contributed by atoms with E-state index in [-0.39, 0.29) is 11.9 Å². The quantitative estimate of drug-likeness (QED) is 0.453. The van der Waals surface area contributed by atoms with Crippen molar-refractivity contribution in [3.8, 4) is 0 Å². The minimum atomic E-state index is -0.984. The third-order valence-electron chi connectivity index (χ3n) is 6.86. The van der Waals surface area contributed by atoms with Crippen molar-refractivity contribution in [3.63, 3.8) is 0 Å². The highest BCUT2D eigenvalue weighted by Crippen LogP contribution is 2.38. The van der Waals surface area contributed by atoms with Crippen LogP contribution in [0.1, 0.15) is 53.3 Å². The molecule has 2 aromatic heterocycles. The molecule has 2 atom stereocenters. The number of carboxylic acid groups (broad SMARTS) is 1. The Hall–Kier alpha value is -3.39. The summed E-state index contributed by atoms with van der Waals surface area (Å²) in [6, 6.07) is 16.0. The van der Waals surface area contributed by atoms with E-state index in [2.05, 4.69) is 39.8 Å². The smallest absolute Gasteiger partial charge is 0.404 e. The Balaban J connectivity index is 1.25. The molecule has 2 amide bonds. The molecule has 2 unspecified atom stereocenters. The number of nitrogens with zero attached hydrogens (tertiary/aromatic N) is 3. The average molecular weight is 462 g/mol. The second kappa shape index (κ2) is 9.85. The van der Waals surface area contributed by atoms with Gasteiger partial charge in [-0.3, -0.25) is 14.1 Å². The molecule has 3 heterocycles. The molecule has 3 N–H and O–H groups in total. The van der Waals surface area contributed by atoms with Gasteiger partial charge in [-0.25, -0.2) is 9.78 Å². The largest absolute Gasteiger partial charge is 0.465 e. The van der Waals surface area contributed by atoms with Gasteiger partial charge in [0.15, 0.2) is 0 Å².